The van der Waals surface area contributed by atoms with Crippen molar-refractivity contribution < 1.29 is 8.42 Å². The Morgan fingerprint density at radius 2 is 1.87 bits per heavy atom. The fourth-order valence-electron chi connectivity index (χ4n) is 3.49. The smallest absolute Gasteiger partial charge is 0.191 e. The fraction of sp³-hybridized carbons (Fsp3) is 0.476. The molecule has 9 heteroatoms. The van der Waals surface area contributed by atoms with Crippen molar-refractivity contribution in [1.82, 2.24) is 15.5 Å². The van der Waals surface area contributed by atoms with E-state index in [4.69, 9.17) is 0 Å². The van der Waals surface area contributed by atoms with Crippen LogP contribution in [-0.2, 0) is 16.4 Å². The van der Waals surface area contributed by atoms with Gasteiger partial charge in [0.25, 0.3) is 0 Å². The molecule has 0 bridgehead atoms. The first-order valence-electron chi connectivity index (χ1n) is 10.1. The van der Waals surface area contributed by atoms with Crippen molar-refractivity contribution in [2.24, 2.45) is 4.99 Å². The van der Waals surface area contributed by atoms with Crippen LogP contribution in [0.1, 0.15) is 36.2 Å². The number of thiophene rings is 1. The van der Waals surface area contributed by atoms with E-state index < -0.39 is 9.84 Å². The third kappa shape index (κ3) is 7.21. The third-order valence-corrected chi connectivity index (χ3v) is 7.13. The van der Waals surface area contributed by atoms with Crippen molar-refractivity contribution in [2.75, 3.05) is 32.4 Å². The van der Waals surface area contributed by atoms with Gasteiger partial charge in [0.2, 0.25) is 0 Å². The lowest BCUT2D eigenvalue weighted by Crippen LogP contribution is -2.42. The average molecular weight is 563 g/mol. The molecule has 2 N–H and O–H groups in total. The van der Waals surface area contributed by atoms with E-state index in [1.165, 1.54) is 24.0 Å². The number of rotatable bonds is 8. The summed E-state index contributed by atoms with van der Waals surface area (Å²) in [5, 5.41) is 8.94. The van der Waals surface area contributed by atoms with E-state index in [1.807, 2.05) is 12.1 Å². The Morgan fingerprint density at radius 1 is 1.17 bits per heavy atom. The summed E-state index contributed by atoms with van der Waals surface area (Å²) in [6, 6.07) is 11.6. The van der Waals surface area contributed by atoms with E-state index in [-0.39, 0.29) is 24.0 Å². The highest BCUT2D eigenvalue weighted by Gasteiger charge is 2.24. The number of sulfone groups is 1. The van der Waals surface area contributed by atoms with Crippen molar-refractivity contribution in [3.63, 3.8) is 0 Å². The maximum atomic E-state index is 11.6. The zero-order chi connectivity index (χ0) is 20.7. The highest BCUT2D eigenvalue weighted by atomic mass is 127. The van der Waals surface area contributed by atoms with Crippen molar-refractivity contribution >= 4 is 51.1 Å². The summed E-state index contributed by atoms with van der Waals surface area (Å²) in [5.74, 6) is 0.778. The third-order valence-electron chi connectivity index (χ3n) is 5.03. The van der Waals surface area contributed by atoms with Crippen molar-refractivity contribution in [3.8, 4) is 0 Å². The van der Waals surface area contributed by atoms with Gasteiger partial charge in [-0.2, -0.15) is 0 Å². The number of nitrogens with zero attached hydrogens (tertiary/aromatic N) is 2. The number of hydrogen-bond donors (Lipinski definition) is 2. The van der Waals surface area contributed by atoms with E-state index in [2.05, 4.69) is 45.0 Å². The Kier molecular flexibility index (Phi) is 10.1. The van der Waals surface area contributed by atoms with Crippen LogP contribution < -0.4 is 10.6 Å². The van der Waals surface area contributed by atoms with E-state index >= 15 is 0 Å². The van der Waals surface area contributed by atoms with Gasteiger partial charge in [-0.25, -0.2) is 13.4 Å². The van der Waals surface area contributed by atoms with Crippen LogP contribution in [0.5, 0.6) is 0 Å². The Hall–Kier alpha value is -1.17. The number of likely N-dealkylation sites (tertiary alicyclic amines) is 1. The number of benzene rings is 1. The van der Waals surface area contributed by atoms with Gasteiger partial charge in [0, 0.05) is 24.2 Å². The lowest BCUT2D eigenvalue weighted by molar-refractivity contribution is 0.249. The molecule has 1 saturated heterocycles. The largest absolute Gasteiger partial charge is 0.357 e. The topological polar surface area (TPSA) is 73.8 Å². The molecule has 0 saturated carbocycles. The zero-order valence-corrected chi connectivity index (χ0v) is 21.5. The summed E-state index contributed by atoms with van der Waals surface area (Å²) in [4.78, 5) is 8.95. The van der Waals surface area contributed by atoms with Gasteiger partial charge in [0.05, 0.1) is 17.5 Å². The number of hydrogen-bond acceptors (Lipinski definition) is 5. The fourth-order valence-corrected chi connectivity index (χ4v) is 4.98. The molecule has 0 radical (unpaired) electrons. The van der Waals surface area contributed by atoms with Crippen LogP contribution in [0.3, 0.4) is 0 Å². The average Bonchev–Trinajstić information content (AvgIpc) is 3.40. The molecule has 0 spiro atoms. The quantitative estimate of drug-likeness (QED) is 0.292. The van der Waals surface area contributed by atoms with Gasteiger partial charge in [-0.1, -0.05) is 18.2 Å². The van der Waals surface area contributed by atoms with Gasteiger partial charge in [-0.15, -0.1) is 35.3 Å². The first kappa shape index (κ1) is 25.1. The molecular formula is C21H31IN4O2S2. The molecule has 30 heavy (non-hydrogen) atoms. The highest BCUT2D eigenvalue weighted by molar-refractivity contribution is 14.0. The van der Waals surface area contributed by atoms with E-state index in [1.54, 1.807) is 23.5 Å². The van der Waals surface area contributed by atoms with Crippen LogP contribution in [-0.4, -0.2) is 51.7 Å². The van der Waals surface area contributed by atoms with Crippen LogP contribution >= 0.6 is 35.3 Å². The van der Waals surface area contributed by atoms with E-state index in [9.17, 15) is 8.42 Å². The summed E-state index contributed by atoms with van der Waals surface area (Å²) < 4.78 is 23.2. The van der Waals surface area contributed by atoms with Gasteiger partial charge in [0.15, 0.2) is 15.8 Å². The van der Waals surface area contributed by atoms with Crippen LogP contribution in [0.25, 0.3) is 0 Å². The Balaban J connectivity index is 0.00000320. The van der Waals surface area contributed by atoms with Gasteiger partial charge in [-0.3, -0.25) is 4.90 Å². The second-order valence-electron chi connectivity index (χ2n) is 7.27. The molecule has 2 heterocycles. The molecule has 166 valence electrons. The number of halogens is 1. The van der Waals surface area contributed by atoms with Gasteiger partial charge in [0.1, 0.15) is 0 Å². The van der Waals surface area contributed by atoms with Crippen LogP contribution in [0.15, 0.2) is 51.7 Å². The maximum Gasteiger partial charge on any atom is 0.191 e. The summed E-state index contributed by atoms with van der Waals surface area (Å²) in [5.41, 5.74) is 0.976. The summed E-state index contributed by atoms with van der Waals surface area (Å²) >= 11 is 1.81. The Morgan fingerprint density at radius 3 is 2.43 bits per heavy atom. The molecule has 2 aromatic rings. The molecule has 1 unspecified atom stereocenters. The molecule has 1 aliphatic rings. The molecule has 1 fully saturated rings. The standard InChI is InChI=1S/C21H30N4O2S2.HI/c1-3-22-21(23-15-17-8-10-18(11-9-17)29(2,26)27)24-16-19(20-7-6-14-28-20)25-12-4-5-13-25;/h6-11,14,19H,3-5,12-13,15-16H2,1-2H3,(H2,22,23,24);1H. The predicted octanol–water partition coefficient (Wildman–Crippen LogP) is 3.66. The SMILES string of the molecule is CCNC(=NCc1ccc(S(C)(=O)=O)cc1)NCC(c1cccs1)N1CCCC1.I. The van der Waals surface area contributed by atoms with Crippen LogP contribution in [0, 0.1) is 0 Å². The number of nitrogens with one attached hydrogen (secondary N) is 2. The minimum atomic E-state index is -3.17. The van der Waals surface area contributed by atoms with Gasteiger partial charge in [-0.05, 0) is 62.0 Å². The second kappa shape index (κ2) is 12.0. The molecule has 6 nitrogen and oxygen atoms in total. The number of aliphatic imine (C=N–C) groups is 1. The van der Waals surface area contributed by atoms with E-state index in [0.717, 1.165) is 37.7 Å². The van der Waals surface area contributed by atoms with Crippen molar-refractivity contribution in [2.45, 2.75) is 37.2 Å². The van der Waals surface area contributed by atoms with Crippen LogP contribution in [0.4, 0.5) is 0 Å². The molecule has 0 amide bonds. The van der Waals surface area contributed by atoms with Crippen molar-refractivity contribution in [1.29, 1.82) is 0 Å². The molecular weight excluding hydrogens is 531 g/mol. The van der Waals surface area contributed by atoms with Gasteiger partial charge < -0.3 is 10.6 Å². The minimum absolute atomic E-state index is 0. The van der Waals surface area contributed by atoms with E-state index in [0.29, 0.717) is 17.5 Å². The molecule has 1 aromatic heterocycles. The monoisotopic (exact) mass is 562 g/mol. The molecule has 1 atom stereocenters. The molecule has 0 aliphatic carbocycles. The number of guanidine groups is 1. The summed E-state index contributed by atoms with van der Waals surface area (Å²) in [6.07, 6.45) is 3.75. The molecule has 1 aliphatic heterocycles. The Bertz CT molecular complexity index is 894. The maximum absolute atomic E-state index is 11.6. The van der Waals surface area contributed by atoms with Gasteiger partial charge >= 0.3 is 0 Å². The van der Waals surface area contributed by atoms with Crippen molar-refractivity contribution in [3.05, 3.63) is 52.2 Å². The lowest BCUT2D eigenvalue weighted by Gasteiger charge is -2.27. The van der Waals surface area contributed by atoms with Crippen LogP contribution in [0.2, 0.25) is 0 Å². The second-order valence-corrected chi connectivity index (χ2v) is 10.3. The molecule has 1 aromatic carbocycles. The highest BCUT2D eigenvalue weighted by Crippen LogP contribution is 2.27. The zero-order valence-electron chi connectivity index (χ0n) is 17.5. The first-order valence-corrected chi connectivity index (χ1v) is 12.8. The molecule has 3 rings (SSSR count). The minimum Gasteiger partial charge on any atom is -0.357 e. The lowest BCUT2D eigenvalue weighted by atomic mass is 10.2. The Labute approximate surface area is 201 Å². The predicted molar refractivity (Wildman–Crippen MR) is 136 cm³/mol. The summed E-state index contributed by atoms with van der Waals surface area (Å²) in [6.45, 7) is 6.42. The first-order chi connectivity index (χ1) is 14.0. The normalized spacial score (nSPS) is 16.1. The summed E-state index contributed by atoms with van der Waals surface area (Å²) in [7, 11) is -3.17.